The van der Waals surface area contributed by atoms with Crippen molar-refractivity contribution in [3.05, 3.63) is 48.3 Å². The van der Waals surface area contributed by atoms with E-state index in [0.29, 0.717) is 18.4 Å². The molecule has 1 aromatic heterocycles. The Morgan fingerprint density at radius 2 is 1.92 bits per heavy atom. The molecule has 7 heteroatoms. The summed E-state index contributed by atoms with van der Waals surface area (Å²) >= 11 is 0. The number of fused-ring (bicyclic) bond motifs is 1. The number of nitrogens with zero attached hydrogens (tertiary/aromatic N) is 3. The van der Waals surface area contributed by atoms with Crippen molar-refractivity contribution in [1.82, 2.24) is 19.4 Å². The van der Waals surface area contributed by atoms with Crippen LogP contribution in [0, 0.1) is 11.8 Å². The molecule has 1 unspecified atom stereocenters. The van der Waals surface area contributed by atoms with Gasteiger partial charge in [-0.3, -0.25) is 9.58 Å². The van der Waals surface area contributed by atoms with Crippen LogP contribution < -0.4 is 4.72 Å². The summed E-state index contributed by atoms with van der Waals surface area (Å²) in [4.78, 5) is 2.67. The standard InChI is InChI=1S/C17H22N4O2S/c1-2-21-10-14(8-18-21)24(22,23)19-17-15-11-20(12-16(15)17)9-13-6-4-3-5-7-13/h3-8,10,15-17,19H,2,9,11-12H2,1H3/t15-,16+,17?. The van der Waals surface area contributed by atoms with Gasteiger partial charge in [0.1, 0.15) is 4.90 Å². The van der Waals surface area contributed by atoms with Crippen LogP contribution in [-0.2, 0) is 23.1 Å². The van der Waals surface area contributed by atoms with Crippen LogP contribution in [0.5, 0.6) is 0 Å². The molecule has 1 aromatic carbocycles. The van der Waals surface area contributed by atoms with Crippen LogP contribution in [0.4, 0.5) is 0 Å². The number of hydrogen-bond donors (Lipinski definition) is 1. The monoisotopic (exact) mass is 346 g/mol. The van der Waals surface area contributed by atoms with E-state index in [4.69, 9.17) is 0 Å². The molecule has 4 rings (SSSR count). The molecule has 6 nitrogen and oxygen atoms in total. The van der Waals surface area contributed by atoms with E-state index in [-0.39, 0.29) is 10.9 Å². The normalized spacial score (nSPS) is 26.5. The number of sulfonamides is 1. The third kappa shape index (κ3) is 2.99. The average molecular weight is 346 g/mol. The molecule has 0 radical (unpaired) electrons. The molecule has 2 fully saturated rings. The highest BCUT2D eigenvalue weighted by Crippen LogP contribution is 2.46. The van der Waals surface area contributed by atoms with E-state index < -0.39 is 10.0 Å². The van der Waals surface area contributed by atoms with Crippen molar-refractivity contribution in [1.29, 1.82) is 0 Å². The molecule has 0 bridgehead atoms. The first-order valence-corrected chi connectivity index (χ1v) is 9.86. The van der Waals surface area contributed by atoms with Gasteiger partial charge in [0.15, 0.2) is 0 Å². The van der Waals surface area contributed by atoms with Gasteiger partial charge in [0.05, 0.1) is 6.20 Å². The van der Waals surface area contributed by atoms with Gasteiger partial charge in [-0.15, -0.1) is 0 Å². The van der Waals surface area contributed by atoms with E-state index >= 15 is 0 Å². The minimum absolute atomic E-state index is 0.0759. The highest BCUT2D eigenvalue weighted by Gasteiger charge is 2.57. The summed E-state index contributed by atoms with van der Waals surface area (Å²) in [7, 11) is -3.46. The van der Waals surface area contributed by atoms with Crippen LogP contribution in [0.1, 0.15) is 12.5 Å². The van der Waals surface area contributed by atoms with Gasteiger partial charge in [-0.05, 0) is 24.3 Å². The number of aromatic nitrogens is 2. The summed E-state index contributed by atoms with van der Waals surface area (Å²) in [6.07, 6.45) is 3.01. The number of piperidine rings is 1. The Morgan fingerprint density at radius 3 is 2.54 bits per heavy atom. The van der Waals surface area contributed by atoms with Gasteiger partial charge in [-0.25, -0.2) is 13.1 Å². The lowest BCUT2D eigenvalue weighted by Crippen LogP contribution is -2.34. The Balaban J connectivity index is 1.33. The lowest BCUT2D eigenvalue weighted by molar-refractivity contribution is 0.287. The van der Waals surface area contributed by atoms with E-state index in [1.807, 2.05) is 13.0 Å². The molecule has 1 saturated carbocycles. The van der Waals surface area contributed by atoms with Gasteiger partial charge in [-0.2, -0.15) is 5.10 Å². The van der Waals surface area contributed by atoms with Crippen LogP contribution in [0.2, 0.25) is 0 Å². The van der Waals surface area contributed by atoms with Crippen molar-refractivity contribution < 1.29 is 8.42 Å². The number of aryl methyl sites for hydroxylation is 1. The van der Waals surface area contributed by atoms with Gasteiger partial charge in [0.25, 0.3) is 0 Å². The second-order valence-corrected chi connectivity index (χ2v) is 8.40. The third-order valence-electron chi connectivity index (χ3n) is 5.05. The Labute approximate surface area is 142 Å². The molecule has 1 aliphatic heterocycles. The smallest absolute Gasteiger partial charge is 0.243 e. The van der Waals surface area contributed by atoms with Crippen molar-refractivity contribution >= 4 is 10.0 Å². The first-order chi connectivity index (χ1) is 11.6. The fourth-order valence-corrected chi connectivity index (χ4v) is 4.95. The molecule has 1 N–H and O–H groups in total. The molecule has 0 spiro atoms. The highest BCUT2D eigenvalue weighted by molar-refractivity contribution is 7.89. The van der Waals surface area contributed by atoms with E-state index in [2.05, 4.69) is 39.0 Å². The fraction of sp³-hybridized carbons (Fsp3) is 0.471. The molecular weight excluding hydrogens is 324 g/mol. The van der Waals surface area contributed by atoms with Gasteiger partial charge in [0, 0.05) is 38.4 Å². The highest BCUT2D eigenvalue weighted by atomic mass is 32.2. The zero-order valence-electron chi connectivity index (χ0n) is 13.7. The Hall–Kier alpha value is -1.70. The lowest BCUT2D eigenvalue weighted by atomic mass is 10.2. The Kier molecular flexibility index (Phi) is 3.94. The summed E-state index contributed by atoms with van der Waals surface area (Å²) in [5.74, 6) is 0.870. The maximum Gasteiger partial charge on any atom is 0.243 e. The van der Waals surface area contributed by atoms with Gasteiger partial charge in [-0.1, -0.05) is 30.3 Å². The molecule has 128 valence electrons. The summed E-state index contributed by atoms with van der Waals surface area (Å²) in [6, 6.07) is 10.5. The second-order valence-electron chi connectivity index (χ2n) is 6.69. The van der Waals surface area contributed by atoms with Crippen molar-refractivity contribution in [3.63, 3.8) is 0 Å². The van der Waals surface area contributed by atoms with Gasteiger partial charge in [0.2, 0.25) is 10.0 Å². The summed E-state index contributed by atoms with van der Waals surface area (Å²) in [5, 5.41) is 4.05. The molecule has 2 aromatic rings. The van der Waals surface area contributed by atoms with E-state index in [1.54, 1.807) is 10.9 Å². The predicted molar refractivity (Wildman–Crippen MR) is 90.7 cm³/mol. The topological polar surface area (TPSA) is 67.2 Å². The van der Waals surface area contributed by atoms with Gasteiger partial charge >= 0.3 is 0 Å². The number of hydrogen-bond acceptors (Lipinski definition) is 4. The number of likely N-dealkylation sites (tertiary alicyclic amines) is 1. The maximum atomic E-state index is 12.4. The molecule has 0 amide bonds. The van der Waals surface area contributed by atoms with Crippen LogP contribution in [-0.4, -0.2) is 42.2 Å². The Morgan fingerprint density at radius 1 is 1.21 bits per heavy atom. The second kappa shape index (κ2) is 5.98. The molecular formula is C17H22N4O2S. The summed E-state index contributed by atoms with van der Waals surface area (Å²) in [5.41, 5.74) is 1.31. The van der Waals surface area contributed by atoms with Crippen molar-refractivity contribution in [2.24, 2.45) is 11.8 Å². The van der Waals surface area contributed by atoms with Crippen molar-refractivity contribution in [2.45, 2.75) is 31.0 Å². The van der Waals surface area contributed by atoms with Crippen molar-refractivity contribution in [2.75, 3.05) is 13.1 Å². The fourth-order valence-electron chi connectivity index (χ4n) is 3.66. The van der Waals surface area contributed by atoms with Crippen LogP contribution in [0.15, 0.2) is 47.6 Å². The van der Waals surface area contributed by atoms with Crippen LogP contribution in [0.25, 0.3) is 0 Å². The summed E-state index contributed by atoms with van der Waals surface area (Å²) < 4.78 is 29.4. The third-order valence-corrected chi connectivity index (χ3v) is 6.47. The molecule has 1 saturated heterocycles. The van der Waals surface area contributed by atoms with Crippen molar-refractivity contribution in [3.8, 4) is 0 Å². The average Bonchev–Trinajstić information content (AvgIpc) is 3.01. The van der Waals surface area contributed by atoms with E-state index in [1.165, 1.54) is 11.8 Å². The maximum absolute atomic E-state index is 12.4. The molecule has 1 aliphatic carbocycles. The van der Waals surface area contributed by atoms with Crippen LogP contribution in [0.3, 0.4) is 0 Å². The number of rotatable bonds is 6. The van der Waals surface area contributed by atoms with Crippen LogP contribution >= 0.6 is 0 Å². The minimum atomic E-state index is -3.46. The SMILES string of the molecule is CCn1cc(S(=O)(=O)NC2[C@H]3CN(Cc4ccccc4)C[C@@H]23)cn1. The number of nitrogens with one attached hydrogen (secondary N) is 1. The first-order valence-electron chi connectivity index (χ1n) is 8.38. The molecule has 24 heavy (non-hydrogen) atoms. The zero-order chi connectivity index (χ0) is 16.7. The molecule has 3 atom stereocenters. The Bertz CT molecular complexity index is 806. The predicted octanol–water partition coefficient (Wildman–Crippen LogP) is 1.31. The zero-order valence-corrected chi connectivity index (χ0v) is 14.5. The number of benzene rings is 1. The van der Waals surface area contributed by atoms with E-state index in [0.717, 1.165) is 19.6 Å². The first kappa shape index (κ1) is 15.8. The minimum Gasteiger partial charge on any atom is -0.298 e. The quantitative estimate of drug-likeness (QED) is 0.856. The largest absolute Gasteiger partial charge is 0.298 e. The van der Waals surface area contributed by atoms with E-state index in [9.17, 15) is 8.42 Å². The molecule has 2 heterocycles. The lowest BCUT2D eigenvalue weighted by Gasteiger charge is -2.19. The summed E-state index contributed by atoms with van der Waals surface area (Å²) in [6.45, 7) is 5.46. The van der Waals surface area contributed by atoms with Gasteiger partial charge < -0.3 is 0 Å². The molecule has 2 aliphatic rings.